The van der Waals surface area contributed by atoms with E-state index in [2.05, 4.69) is 71.1 Å². The number of hydrogen-bond donors (Lipinski definition) is 0. The Morgan fingerprint density at radius 2 is 1.63 bits per heavy atom. The maximum absolute atomic E-state index is 9.35. The van der Waals surface area contributed by atoms with Crippen molar-refractivity contribution < 1.29 is 18.9 Å². The highest BCUT2D eigenvalue weighted by molar-refractivity contribution is 6.32. The Morgan fingerprint density at radius 1 is 0.815 bits per heavy atom. The van der Waals surface area contributed by atoms with Crippen LogP contribution >= 0.6 is 11.6 Å². The molecule has 3 aliphatic rings. The van der Waals surface area contributed by atoms with Gasteiger partial charge in [-0.05, 0) is 117 Å². The van der Waals surface area contributed by atoms with Gasteiger partial charge in [-0.25, -0.2) is 0 Å². The Hall–Kier alpha value is -4.13. The van der Waals surface area contributed by atoms with Gasteiger partial charge < -0.3 is 23.8 Å². The molecule has 54 heavy (non-hydrogen) atoms. The SMILES string of the molecule is Cc1c(COc2cc(OCc3cncc(C#N)c3)c(CN3CCCCC3)cc2Cl)cccc1-c1cccc(OCCCN2CCC3OCCCC3C2)c1C. The van der Waals surface area contributed by atoms with Gasteiger partial charge in [0.2, 0.25) is 0 Å². The maximum atomic E-state index is 9.35. The van der Waals surface area contributed by atoms with E-state index < -0.39 is 0 Å². The number of halogens is 1. The standard InChI is InChI=1S/C45H53ClN4O4/c1-32-37(10-6-12-39(32)40-13-7-14-42(33(40)2)51-21-9-18-50-19-15-43-36(28-50)11-8-20-52-43)31-54-45-24-44(53-30-35-22-34(25-47)26-48-27-35)38(23-41(45)46)29-49-16-4-3-5-17-49/h6-7,10,12-14,22-24,26-27,36,43H,3-5,8-9,11,15-21,28-31H2,1-2H3. The minimum absolute atomic E-state index is 0.287. The van der Waals surface area contributed by atoms with Crippen LogP contribution < -0.4 is 14.2 Å². The fourth-order valence-electron chi connectivity index (χ4n) is 8.28. The van der Waals surface area contributed by atoms with Crippen LogP contribution in [0.5, 0.6) is 17.2 Å². The van der Waals surface area contributed by atoms with Crippen LogP contribution in [0.2, 0.25) is 5.02 Å². The van der Waals surface area contributed by atoms with E-state index in [1.54, 1.807) is 18.5 Å². The topological polar surface area (TPSA) is 80.1 Å². The Kier molecular flexibility index (Phi) is 13.0. The Morgan fingerprint density at radius 3 is 2.48 bits per heavy atom. The quantitative estimate of drug-likeness (QED) is 0.118. The fraction of sp³-hybridized carbons (Fsp3) is 0.467. The average molecular weight is 749 g/mol. The summed E-state index contributed by atoms with van der Waals surface area (Å²) in [6.45, 7) is 12.8. The van der Waals surface area contributed by atoms with Crippen molar-refractivity contribution >= 4 is 11.6 Å². The fourth-order valence-corrected chi connectivity index (χ4v) is 8.52. The lowest BCUT2D eigenvalue weighted by Gasteiger charge is -2.41. The van der Waals surface area contributed by atoms with Crippen molar-refractivity contribution in [3.8, 4) is 34.4 Å². The van der Waals surface area contributed by atoms with E-state index in [1.165, 1.54) is 32.1 Å². The highest BCUT2D eigenvalue weighted by Crippen LogP contribution is 2.37. The number of nitriles is 1. The van der Waals surface area contributed by atoms with Crippen molar-refractivity contribution in [3.63, 3.8) is 0 Å². The normalized spacial score (nSPS) is 19.1. The van der Waals surface area contributed by atoms with Gasteiger partial charge in [0.1, 0.15) is 36.5 Å². The summed E-state index contributed by atoms with van der Waals surface area (Å²) in [7, 11) is 0. The molecule has 0 aliphatic carbocycles. The second-order valence-electron chi connectivity index (χ2n) is 15.1. The molecule has 0 spiro atoms. The number of fused-ring (bicyclic) bond motifs is 1. The predicted octanol–water partition coefficient (Wildman–Crippen LogP) is 9.30. The Bertz CT molecular complexity index is 1920. The summed E-state index contributed by atoms with van der Waals surface area (Å²) in [4.78, 5) is 9.25. The molecule has 0 amide bonds. The molecule has 2 atom stereocenters. The van der Waals surface area contributed by atoms with Crippen molar-refractivity contribution in [2.75, 3.05) is 45.9 Å². The molecule has 284 valence electrons. The van der Waals surface area contributed by atoms with Gasteiger partial charge in [-0.15, -0.1) is 0 Å². The molecule has 4 aromatic rings. The van der Waals surface area contributed by atoms with E-state index in [0.717, 1.165) is 109 Å². The van der Waals surface area contributed by atoms with E-state index in [9.17, 15) is 5.26 Å². The van der Waals surface area contributed by atoms with Gasteiger partial charge in [-0.2, -0.15) is 5.26 Å². The summed E-state index contributed by atoms with van der Waals surface area (Å²) in [6.07, 6.45) is 12.1. The molecule has 1 aromatic heterocycles. The number of rotatable bonds is 14. The first-order chi connectivity index (χ1) is 26.4. The van der Waals surface area contributed by atoms with Gasteiger partial charge in [0.25, 0.3) is 0 Å². The number of ether oxygens (including phenoxy) is 4. The Labute approximate surface area is 326 Å². The van der Waals surface area contributed by atoms with Gasteiger partial charge >= 0.3 is 0 Å². The predicted molar refractivity (Wildman–Crippen MR) is 213 cm³/mol. The molecule has 3 saturated heterocycles. The first kappa shape index (κ1) is 38.2. The number of aromatic nitrogens is 1. The summed E-state index contributed by atoms with van der Waals surface area (Å²) < 4.78 is 25.2. The van der Waals surface area contributed by atoms with E-state index in [1.807, 2.05) is 12.1 Å². The number of likely N-dealkylation sites (tertiary alicyclic amines) is 2. The third kappa shape index (κ3) is 9.56. The molecule has 0 N–H and O–H groups in total. The molecule has 0 saturated carbocycles. The third-order valence-electron chi connectivity index (χ3n) is 11.4. The zero-order valence-corrected chi connectivity index (χ0v) is 32.6. The minimum atomic E-state index is 0.287. The lowest BCUT2D eigenvalue weighted by molar-refractivity contribution is -0.0665. The van der Waals surface area contributed by atoms with Gasteiger partial charge in [-0.3, -0.25) is 9.88 Å². The molecule has 8 nitrogen and oxygen atoms in total. The van der Waals surface area contributed by atoms with Crippen molar-refractivity contribution in [2.45, 2.75) is 84.7 Å². The minimum Gasteiger partial charge on any atom is -0.493 e. The lowest BCUT2D eigenvalue weighted by Crippen LogP contribution is -2.46. The van der Waals surface area contributed by atoms with Crippen LogP contribution in [0.3, 0.4) is 0 Å². The van der Waals surface area contributed by atoms with Gasteiger partial charge in [0.15, 0.2) is 0 Å². The molecule has 3 fully saturated rings. The Balaban J connectivity index is 1.01. The molecule has 2 unspecified atom stereocenters. The summed E-state index contributed by atoms with van der Waals surface area (Å²) in [5.41, 5.74) is 8.07. The summed E-state index contributed by atoms with van der Waals surface area (Å²) in [5.74, 6) is 2.93. The molecule has 0 radical (unpaired) electrons. The maximum Gasteiger partial charge on any atom is 0.142 e. The largest absolute Gasteiger partial charge is 0.493 e. The second-order valence-corrected chi connectivity index (χ2v) is 15.5. The van der Waals surface area contributed by atoms with E-state index in [-0.39, 0.29) is 6.61 Å². The first-order valence-corrected chi connectivity index (χ1v) is 20.1. The first-order valence-electron chi connectivity index (χ1n) is 19.7. The van der Waals surface area contributed by atoms with Crippen molar-refractivity contribution in [2.24, 2.45) is 5.92 Å². The number of nitrogens with zero attached hydrogens (tertiary/aromatic N) is 4. The van der Waals surface area contributed by atoms with E-state index in [0.29, 0.717) is 41.6 Å². The van der Waals surface area contributed by atoms with Gasteiger partial charge in [0.05, 0.1) is 23.3 Å². The van der Waals surface area contributed by atoms with Crippen LogP contribution in [-0.2, 0) is 24.5 Å². The monoisotopic (exact) mass is 748 g/mol. The molecule has 3 aliphatic heterocycles. The number of piperidine rings is 2. The molecule has 3 aromatic carbocycles. The van der Waals surface area contributed by atoms with Crippen LogP contribution in [0.1, 0.15) is 78.3 Å². The summed E-state index contributed by atoms with van der Waals surface area (Å²) in [6, 6.07) is 20.6. The smallest absolute Gasteiger partial charge is 0.142 e. The zero-order chi connectivity index (χ0) is 37.3. The van der Waals surface area contributed by atoms with Crippen LogP contribution in [0.4, 0.5) is 0 Å². The number of pyridine rings is 1. The molecular weight excluding hydrogens is 696 g/mol. The van der Waals surface area contributed by atoms with Crippen molar-refractivity contribution in [1.29, 1.82) is 5.26 Å². The second kappa shape index (κ2) is 18.5. The molecule has 9 heteroatoms. The molecule has 7 rings (SSSR count). The summed E-state index contributed by atoms with van der Waals surface area (Å²) in [5, 5.41) is 9.91. The van der Waals surface area contributed by atoms with E-state index >= 15 is 0 Å². The zero-order valence-electron chi connectivity index (χ0n) is 31.8. The van der Waals surface area contributed by atoms with Crippen molar-refractivity contribution in [1.82, 2.24) is 14.8 Å². The lowest BCUT2D eigenvalue weighted by atomic mass is 9.88. The molecular formula is C45H53ClN4O4. The van der Waals surface area contributed by atoms with Gasteiger partial charge in [0, 0.05) is 62.4 Å². The van der Waals surface area contributed by atoms with Crippen LogP contribution in [-0.4, -0.2) is 66.8 Å². The van der Waals surface area contributed by atoms with E-state index in [4.69, 9.17) is 30.5 Å². The van der Waals surface area contributed by atoms with Crippen LogP contribution in [0.25, 0.3) is 11.1 Å². The average Bonchev–Trinajstić information content (AvgIpc) is 3.20. The van der Waals surface area contributed by atoms with Crippen LogP contribution in [0.15, 0.2) is 67.0 Å². The summed E-state index contributed by atoms with van der Waals surface area (Å²) >= 11 is 6.90. The molecule has 4 heterocycles. The number of benzene rings is 3. The van der Waals surface area contributed by atoms with Crippen molar-refractivity contribution in [3.05, 3.63) is 105 Å². The van der Waals surface area contributed by atoms with Gasteiger partial charge in [-0.1, -0.05) is 48.4 Å². The number of hydrogen-bond acceptors (Lipinski definition) is 8. The highest BCUT2D eigenvalue weighted by atomic mass is 35.5. The third-order valence-corrected chi connectivity index (χ3v) is 11.7. The van der Waals surface area contributed by atoms with Crippen LogP contribution in [0, 0.1) is 31.1 Å². The molecule has 0 bridgehead atoms. The highest BCUT2D eigenvalue weighted by Gasteiger charge is 2.31.